The quantitative estimate of drug-likeness (QED) is 0.613. The molecule has 0 aromatic rings. The minimum Gasteiger partial charge on any atom is -0.328 e. The summed E-state index contributed by atoms with van der Waals surface area (Å²) in [7, 11) is 0. The summed E-state index contributed by atoms with van der Waals surface area (Å²) in [6, 6.07) is 1.18. The Morgan fingerprint density at radius 3 is 2.80 bits per heavy atom. The molecule has 0 aliphatic heterocycles. The first kappa shape index (κ1) is 8.02. The van der Waals surface area contributed by atoms with E-state index in [2.05, 4.69) is 12.2 Å². The Kier molecular flexibility index (Phi) is 3.16. The van der Waals surface area contributed by atoms with Crippen LogP contribution in [0, 0.1) is 0 Å². The van der Waals surface area contributed by atoms with Crippen molar-refractivity contribution in [3.05, 3.63) is 0 Å². The van der Waals surface area contributed by atoms with Gasteiger partial charge in [-0.25, -0.2) is 0 Å². The second-order valence-corrected chi connectivity index (χ2v) is 3.22. The molecular weight excluding hydrogens is 124 g/mol. The zero-order valence-corrected chi connectivity index (χ0v) is 6.77. The Balaban J connectivity index is 2.06. The molecule has 1 fully saturated rings. The van der Waals surface area contributed by atoms with Crippen LogP contribution in [0.15, 0.2) is 0 Å². The molecule has 2 nitrogen and oxygen atoms in total. The summed E-state index contributed by atoms with van der Waals surface area (Å²) >= 11 is 0. The SMILES string of the molecule is CCCNC1CCC(N)C1. The van der Waals surface area contributed by atoms with Gasteiger partial charge in [0.2, 0.25) is 0 Å². The summed E-state index contributed by atoms with van der Waals surface area (Å²) in [6.07, 6.45) is 4.90. The zero-order chi connectivity index (χ0) is 7.40. The lowest BCUT2D eigenvalue weighted by atomic mass is 10.2. The lowest BCUT2D eigenvalue weighted by Crippen LogP contribution is -2.28. The maximum Gasteiger partial charge on any atom is 0.00823 e. The molecule has 1 saturated carbocycles. The molecule has 0 aromatic carbocycles. The molecule has 0 radical (unpaired) electrons. The Bertz CT molecular complexity index is 93.3. The summed E-state index contributed by atoms with van der Waals surface area (Å²) < 4.78 is 0. The fourth-order valence-electron chi connectivity index (χ4n) is 1.55. The van der Waals surface area contributed by atoms with E-state index in [4.69, 9.17) is 5.73 Å². The van der Waals surface area contributed by atoms with Crippen LogP contribution in [0.5, 0.6) is 0 Å². The van der Waals surface area contributed by atoms with Crippen molar-refractivity contribution >= 4 is 0 Å². The van der Waals surface area contributed by atoms with Gasteiger partial charge in [-0.3, -0.25) is 0 Å². The van der Waals surface area contributed by atoms with Gasteiger partial charge in [0.25, 0.3) is 0 Å². The van der Waals surface area contributed by atoms with E-state index in [1.165, 1.54) is 25.7 Å². The predicted octanol–water partition coefficient (Wildman–Crippen LogP) is 0.866. The van der Waals surface area contributed by atoms with Crippen LogP contribution in [0.1, 0.15) is 32.6 Å². The maximum absolute atomic E-state index is 5.76. The van der Waals surface area contributed by atoms with Crippen molar-refractivity contribution in [2.45, 2.75) is 44.7 Å². The number of hydrogen-bond acceptors (Lipinski definition) is 2. The van der Waals surface area contributed by atoms with Gasteiger partial charge in [-0.1, -0.05) is 6.92 Å². The summed E-state index contributed by atoms with van der Waals surface area (Å²) in [5.74, 6) is 0. The molecule has 1 aliphatic rings. The molecule has 10 heavy (non-hydrogen) atoms. The monoisotopic (exact) mass is 142 g/mol. The van der Waals surface area contributed by atoms with E-state index in [0.29, 0.717) is 6.04 Å². The smallest absolute Gasteiger partial charge is 0.00823 e. The lowest BCUT2D eigenvalue weighted by Gasteiger charge is -2.10. The molecule has 0 amide bonds. The summed E-state index contributed by atoms with van der Waals surface area (Å²) in [6.45, 7) is 3.35. The molecule has 0 saturated heterocycles. The average molecular weight is 142 g/mol. The number of hydrogen-bond donors (Lipinski definition) is 2. The first-order valence-electron chi connectivity index (χ1n) is 4.32. The third kappa shape index (κ3) is 2.27. The first-order chi connectivity index (χ1) is 4.83. The van der Waals surface area contributed by atoms with Crippen LogP contribution in [0.3, 0.4) is 0 Å². The van der Waals surface area contributed by atoms with Crippen LogP contribution < -0.4 is 11.1 Å². The van der Waals surface area contributed by atoms with Crippen LogP contribution >= 0.6 is 0 Å². The van der Waals surface area contributed by atoms with Crippen LogP contribution in [0.25, 0.3) is 0 Å². The van der Waals surface area contributed by atoms with Crippen molar-refractivity contribution in [3.63, 3.8) is 0 Å². The molecular formula is C8H18N2. The van der Waals surface area contributed by atoms with Gasteiger partial charge in [0.1, 0.15) is 0 Å². The second kappa shape index (κ2) is 3.94. The van der Waals surface area contributed by atoms with Crippen molar-refractivity contribution < 1.29 is 0 Å². The van der Waals surface area contributed by atoms with E-state index in [1.807, 2.05) is 0 Å². The average Bonchev–Trinajstić information content (AvgIpc) is 2.31. The minimum atomic E-state index is 0.467. The van der Waals surface area contributed by atoms with Crippen molar-refractivity contribution in [2.24, 2.45) is 5.73 Å². The van der Waals surface area contributed by atoms with Crippen molar-refractivity contribution in [1.29, 1.82) is 0 Å². The summed E-state index contributed by atoms with van der Waals surface area (Å²) in [5.41, 5.74) is 5.76. The van der Waals surface area contributed by atoms with Crippen molar-refractivity contribution in [2.75, 3.05) is 6.54 Å². The molecule has 1 rings (SSSR count). The second-order valence-electron chi connectivity index (χ2n) is 3.22. The molecule has 2 atom stereocenters. The third-order valence-corrected chi connectivity index (χ3v) is 2.16. The fourth-order valence-corrected chi connectivity index (χ4v) is 1.55. The van der Waals surface area contributed by atoms with E-state index in [-0.39, 0.29) is 0 Å². The fraction of sp³-hybridized carbons (Fsp3) is 1.00. The van der Waals surface area contributed by atoms with Crippen LogP contribution in [-0.4, -0.2) is 18.6 Å². The molecule has 0 spiro atoms. The minimum absolute atomic E-state index is 0.467. The molecule has 2 heteroatoms. The van der Waals surface area contributed by atoms with Gasteiger partial charge in [0.15, 0.2) is 0 Å². The van der Waals surface area contributed by atoms with Gasteiger partial charge >= 0.3 is 0 Å². The number of nitrogens with two attached hydrogens (primary N) is 1. The van der Waals surface area contributed by atoms with Crippen LogP contribution in [0.2, 0.25) is 0 Å². The Morgan fingerprint density at radius 1 is 1.50 bits per heavy atom. The lowest BCUT2D eigenvalue weighted by molar-refractivity contribution is 0.516. The molecule has 60 valence electrons. The molecule has 0 aromatic heterocycles. The molecule has 3 N–H and O–H groups in total. The van der Waals surface area contributed by atoms with Gasteiger partial charge in [0.05, 0.1) is 0 Å². The zero-order valence-electron chi connectivity index (χ0n) is 6.77. The van der Waals surface area contributed by atoms with Crippen LogP contribution in [0.4, 0.5) is 0 Å². The first-order valence-corrected chi connectivity index (χ1v) is 4.32. The van der Waals surface area contributed by atoms with Crippen molar-refractivity contribution in [1.82, 2.24) is 5.32 Å². The Labute approximate surface area is 63.2 Å². The van der Waals surface area contributed by atoms with Gasteiger partial charge in [-0.05, 0) is 32.2 Å². The normalized spacial score (nSPS) is 33.0. The van der Waals surface area contributed by atoms with Crippen molar-refractivity contribution in [3.8, 4) is 0 Å². The Hall–Kier alpha value is -0.0800. The third-order valence-electron chi connectivity index (χ3n) is 2.16. The highest BCUT2D eigenvalue weighted by atomic mass is 14.9. The molecule has 0 bridgehead atoms. The van der Waals surface area contributed by atoms with E-state index >= 15 is 0 Å². The Morgan fingerprint density at radius 2 is 2.30 bits per heavy atom. The highest BCUT2D eigenvalue weighted by molar-refractivity contribution is 4.82. The van der Waals surface area contributed by atoms with E-state index in [9.17, 15) is 0 Å². The highest BCUT2D eigenvalue weighted by Gasteiger charge is 2.20. The predicted molar refractivity (Wildman–Crippen MR) is 43.9 cm³/mol. The van der Waals surface area contributed by atoms with Gasteiger partial charge < -0.3 is 11.1 Å². The summed E-state index contributed by atoms with van der Waals surface area (Å²) in [5, 5.41) is 3.48. The van der Waals surface area contributed by atoms with E-state index < -0.39 is 0 Å². The van der Waals surface area contributed by atoms with Gasteiger partial charge in [0, 0.05) is 12.1 Å². The van der Waals surface area contributed by atoms with Gasteiger partial charge in [-0.15, -0.1) is 0 Å². The maximum atomic E-state index is 5.76. The standard InChI is InChI=1S/C8H18N2/c1-2-5-10-8-4-3-7(9)6-8/h7-8,10H,2-6,9H2,1H3. The molecule has 0 heterocycles. The summed E-state index contributed by atoms with van der Waals surface area (Å²) in [4.78, 5) is 0. The van der Waals surface area contributed by atoms with Gasteiger partial charge in [-0.2, -0.15) is 0 Å². The molecule has 2 unspecified atom stereocenters. The topological polar surface area (TPSA) is 38.0 Å². The van der Waals surface area contributed by atoms with E-state index in [0.717, 1.165) is 12.6 Å². The van der Waals surface area contributed by atoms with E-state index in [1.54, 1.807) is 0 Å². The molecule has 1 aliphatic carbocycles. The largest absolute Gasteiger partial charge is 0.328 e. The number of nitrogens with one attached hydrogen (secondary N) is 1. The van der Waals surface area contributed by atoms with Crippen LogP contribution in [-0.2, 0) is 0 Å². The highest BCUT2D eigenvalue weighted by Crippen LogP contribution is 2.16. The number of rotatable bonds is 3.